The van der Waals surface area contributed by atoms with Crippen molar-refractivity contribution in [3.8, 4) is 0 Å². The number of carbonyl (C=O) groups is 1. The normalized spacial score (nSPS) is 10.2. The number of benzene rings is 2. The summed E-state index contributed by atoms with van der Waals surface area (Å²) in [6.07, 6.45) is 0. The lowest BCUT2D eigenvalue weighted by molar-refractivity contribution is 0.0698. The first-order valence-corrected chi connectivity index (χ1v) is 5.88. The standard InChI is InChI=1S/C15H15NO3/c1-19-10-11-6-8-12(9-7-11)16-14-5-3-2-4-13(14)15(17)18/h2-9,16H,10H2,1H3,(H,17,18). The van der Waals surface area contributed by atoms with Gasteiger partial charge in [-0.05, 0) is 29.8 Å². The number of anilines is 2. The quantitative estimate of drug-likeness (QED) is 0.863. The van der Waals surface area contributed by atoms with Crippen LogP contribution in [0.1, 0.15) is 15.9 Å². The molecule has 2 aromatic carbocycles. The van der Waals surface area contributed by atoms with Crippen molar-refractivity contribution < 1.29 is 14.6 Å². The number of nitrogens with one attached hydrogen (secondary N) is 1. The maximum Gasteiger partial charge on any atom is 0.337 e. The summed E-state index contributed by atoms with van der Waals surface area (Å²) in [4.78, 5) is 11.1. The highest BCUT2D eigenvalue weighted by molar-refractivity contribution is 5.95. The summed E-state index contributed by atoms with van der Waals surface area (Å²) in [5.74, 6) is -0.945. The molecule has 0 aliphatic carbocycles. The molecule has 19 heavy (non-hydrogen) atoms. The molecule has 0 aliphatic rings. The van der Waals surface area contributed by atoms with Crippen molar-refractivity contribution >= 4 is 17.3 Å². The lowest BCUT2D eigenvalue weighted by atomic mass is 10.1. The van der Waals surface area contributed by atoms with E-state index in [1.165, 1.54) is 0 Å². The zero-order valence-electron chi connectivity index (χ0n) is 10.6. The van der Waals surface area contributed by atoms with Crippen molar-refractivity contribution in [2.24, 2.45) is 0 Å². The molecule has 0 unspecified atom stereocenters. The Bertz CT molecular complexity index is 564. The van der Waals surface area contributed by atoms with Crippen molar-refractivity contribution in [1.29, 1.82) is 0 Å². The Balaban J connectivity index is 2.19. The van der Waals surface area contributed by atoms with Gasteiger partial charge in [-0.3, -0.25) is 0 Å². The maximum absolute atomic E-state index is 11.1. The van der Waals surface area contributed by atoms with E-state index in [1.807, 2.05) is 24.3 Å². The third-order valence-electron chi connectivity index (χ3n) is 2.70. The molecule has 0 atom stereocenters. The van der Waals surface area contributed by atoms with Crippen LogP contribution in [0, 0.1) is 0 Å². The predicted octanol–water partition coefficient (Wildman–Crippen LogP) is 3.27. The first kappa shape index (κ1) is 13.1. The smallest absolute Gasteiger partial charge is 0.337 e. The van der Waals surface area contributed by atoms with Crippen LogP contribution in [-0.4, -0.2) is 18.2 Å². The number of carboxylic acids is 1. The molecule has 2 N–H and O–H groups in total. The second-order valence-corrected chi connectivity index (χ2v) is 4.11. The Morgan fingerprint density at radius 3 is 2.47 bits per heavy atom. The summed E-state index contributed by atoms with van der Waals surface area (Å²) in [6.45, 7) is 0.562. The number of para-hydroxylation sites is 1. The third kappa shape index (κ3) is 3.33. The van der Waals surface area contributed by atoms with E-state index >= 15 is 0 Å². The molecule has 4 nitrogen and oxygen atoms in total. The van der Waals surface area contributed by atoms with Crippen LogP contribution in [0.25, 0.3) is 0 Å². The molecule has 0 heterocycles. The Morgan fingerprint density at radius 2 is 1.84 bits per heavy atom. The van der Waals surface area contributed by atoms with E-state index in [4.69, 9.17) is 9.84 Å². The van der Waals surface area contributed by atoms with Crippen LogP contribution < -0.4 is 5.32 Å². The van der Waals surface area contributed by atoms with Gasteiger partial charge in [0, 0.05) is 12.8 Å². The number of carboxylic acid groups (broad SMARTS) is 1. The van der Waals surface area contributed by atoms with Gasteiger partial charge in [0.25, 0.3) is 0 Å². The number of hydrogen-bond acceptors (Lipinski definition) is 3. The fourth-order valence-electron chi connectivity index (χ4n) is 1.79. The van der Waals surface area contributed by atoms with Gasteiger partial charge < -0.3 is 15.2 Å². The summed E-state index contributed by atoms with van der Waals surface area (Å²) in [6, 6.07) is 14.5. The average molecular weight is 257 g/mol. The van der Waals surface area contributed by atoms with Gasteiger partial charge in [-0.2, -0.15) is 0 Å². The SMILES string of the molecule is COCc1ccc(Nc2ccccc2C(=O)O)cc1. The van der Waals surface area contributed by atoms with Gasteiger partial charge >= 0.3 is 5.97 Å². The third-order valence-corrected chi connectivity index (χ3v) is 2.70. The molecule has 0 radical (unpaired) electrons. The van der Waals surface area contributed by atoms with Gasteiger partial charge in [0.15, 0.2) is 0 Å². The van der Waals surface area contributed by atoms with Crippen LogP contribution in [0.4, 0.5) is 11.4 Å². The summed E-state index contributed by atoms with van der Waals surface area (Å²) < 4.78 is 5.04. The van der Waals surface area contributed by atoms with Crippen LogP contribution in [0.15, 0.2) is 48.5 Å². The van der Waals surface area contributed by atoms with Crippen molar-refractivity contribution in [2.45, 2.75) is 6.61 Å². The van der Waals surface area contributed by atoms with Gasteiger partial charge in [-0.15, -0.1) is 0 Å². The Morgan fingerprint density at radius 1 is 1.16 bits per heavy atom. The van der Waals surface area contributed by atoms with Gasteiger partial charge in [0.2, 0.25) is 0 Å². The second-order valence-electron chi connectivity index (χ2n) is 4.11. The summed E-state index contributed by atoms with van der Waals surface area (Å²) in [7, 11) is 1.65. The lowest BCUT2D eigenvalue weighted by Gasteiger charge is -2.10. The molecule has 4 heteroatoms. The van der Waals surface area contributed by atoms with Crippen molar-refractivity contribution in [3.63, 3.8) is 0 Å². The topological polar surface area (TPSA) is 58.6 Å². The number of hydrogen-bond donors (Lipinski definition) is 2. The summed E-state index contributed by atoms with van der Waals surface area (Å²) in [5.41, 5.74) is 2.74. The van der Waals surface area contributed by atoms with Crippen molar-refractivity contribution in [2.75, 3.05) is 12.4 Å². The fraction of sp³-hybridized carbons (Fsp3) is 0.133. The molecule has 0 bridgehead atoms. The largest absolute Gasteiger partial charge is 0.478 e. The molecule has 2 aromatic rings. The van der Waals surface area contributed by atoms with Crippen LogP contribution in [0.2, 0.25) is 0 Å². The van der Waals surface area contributed by atoms with E-state index in [-0.39, 0.29) is 5.56 Å². The molecular weight excluding hydrogens is 242 g/mol. The fourth-order valence-corrected chi connectivity index (χ4v) is 1.79. The van der Waals surface area contributed by atoms with E-state index < -0.39 is 5.97 Å². The highest BCUT2D eigenvalue weighted by Crippen LogP contribution is 2.21. The van der Waals surface area contributed by atoms with E-state index in [0.717, 1.165) is 11.3 Å². The van der Waals surface area contributed by atoms with E-state index in [1.54, 1.807) is 31.4 Å². The first-order chi connectivity index (χ1) is 9.20. The number of ether oxygens (including phenoxy) is 1. The number of methoxy groups -OCH3 is 1. The average Bonchev–Trinajstić information content (AvgIpc) is 2.42. The molecule has 0 spiro atoms. The minimum Gasteiger partial charge on any atom is -0.478 e. The predicted molar refractivity (Wildman–Crippen MR) is 73.8 cm³/mol. The molecule has 0 aliphatic heterocycles. The van der Waals surface area contributed by atoms with Gasteiger partial charge in [0.05, 0.1) is 17.9 Å². The lowest BCUT2D eigenvalue weighted by Crippen LogP contribution is -2.02. The monoisotopic (exact) mass is 257 g/mol. The van der Waals surface area contributed by atoms with E-state index in [2.05, 4.69) is 5.32 Å². The van der Waals surface area contributed by atoms with Crippen LogP contribution in [0.3, 0.4) is 0 Å². The van der Waals surface area contributed by atoms with Crippen molar-refractivity contribution in [1.82, 2.24) is 0 Å². The minimum absolute atomic E-state index is 0.253. The highest BCUT2D eigenvalue weighted by Gasteiger charge is 2.08. The van der Waals surface area contributed by atoms with Crippen LogP contribution in [0.5, 0.6) is 0 Å². The van der Waals surface area contributed by atoms with E-state index in [0.29, 0.717) is 12.3 Å². The molecule has 0 aromatic heterocycles. The number of aromatic carboxylic acids is 1. The van der Waals surface area contributed by atoms with Crippen molar-refractivity contribution in [3.05, 3.63) is 59.7 Å². The zero-order valence-corrected chi connectivity index (χ0v) is 10.6. The molecule has 0 saturated heterocycles. The molecule has 2 rings (SSSR count). The van der Waals surface area contributed by atoms with E-state index in [9.17, 15) is 4.79 Å². The Hall–Kier alpha value is -2.33. The summed E-state index contributed by atoms with van der Waals surface area (Å²) >= 11 is 0. The van der Waals surface area contributed by atoms with Crippen LogP contribution in [-0.2, 0) is 11.3 Å². The second kappa shape index (κ2) is 6.02. The maximum atomic E-state index is 11.1. The molecule has 0 saturated carbocycles. The molecular formula is C15H15NO3. The molecule has 0 fully saturated rings. The summed E-state index contributed by atoms with van der Waals surface area (Å²) in [5, 5.41) is 12.2. The van der Waals surface area contributed by atoms with Gasteiger partial charge in [-0.25, -0.2) is 4.79 Å². The Labute approximate surface area is 111 Å². The molecule has 98 valence electrons. The van der Waals surface area contributed by atoms with Crippen LogP contribution >= 0.6 is 0 Å². The first-order valence-electron chi connectivity index (χ1n) is 5.88. The minimum atomic E-state index is -0.945. The highest BCUT2D eigenvalue weighted by atomic mass is 16.5. The number of rotatable bonds is 5. The Kier molecular flexibility index (Phi) is 4.15. The van der Waals surface area contributed by atoms with Gasteiger partial charge in [-0.1, -0.05) is 24.3 Å². The van der Waals surface area contributed by atoms with Gasteiger partial charge in [0.1, 0.15) is 0 Å². The zero-order chi connectivity index (χ0) is 13.7. The molecule has 0 amide bonds.